The molecule has 2 N–H and O–H groups in total. The number of pyridine rings is 2. The number of rotatable bonds is 2. The molecule has 0 radical (unpaired) electrons. The lowest BCUT2D eigenvalue weighted by Crippen LogP contribution is -2.51. The summed E-state index contributed by atoms with van der Waals surface area (Å²) in [6.07, 6.45) is 7.77. The first-order valence-electron chi connectivity index (χ1n) is 12.8. The Labute approximate surface area is 201 Å². The fourth-order valence-electron chi connectivity index (χ4n) is 6.58. The van der Waals surface area contributed by atoms with E-state index in [-0.39, 0.29) is 5.56 Å². The van der Waals surface area contributed by atoms with Crippen molar-refractivity contribution in [2.45, 2.75) is 69.6 Å². The highest BCUT2D eigenvalue weighted by molar-refractivity contribution is 5.89. The average molecular weight is 458 g/mol. The lowest BCUT2D eigenvalue weighted by Gasteiger charge is -2.43. The van der Waals surface area contributed by atoms with Crippen LogP contribution in [-0.4, -0.2) is 39.6 Å². The molecule has 0 bridgehead atoms. The topological polar surface area (TPSA) is 67.4 Å². The number of fused-ring (bicyclic) bond motifs is 4. The van der Waals surface area contributed by atoms with Crippen molar-refractivity contribution in [3.63, 3.8) is 0 Å². The molecule has 3 aromatic rings. The van der Waals surface area contributed by atoms with E-state index in [2.05, 4.69) is 46.0 Å². The SMILES string of the molecule is C[C@@H]1CN(c2cc(=O)n(C)c3ncccc23)C[C@@H]2c3ccc(C4CCC[C@@H](N)CC4)cc3CN12. The monoisotopic (exact) mass is 457 g/mol. The zero-order valence-corrected chi connectivity index (χ0v) is 20.3. The van der Waals surface area contributed by atoms with Crippen LogP contribution in [0.5, 0.6) is 0 Å². The summed E-state index contributed by atoms with van der Waals surface area (Å²) in [4.78, 5) is 22.3. The van der Waals surface area contributed by atoms with Crippen LogP contribution in [0.3, 0.4) is 0 Å². The van der Waals surface area contributed by atoms with Crippen molar-refractivity contribution >= 4 is 16.7 Å². The maximum absolute atomic E-state index is 12.7. The molecule has 3 aliphatic rings. The van der Waals surface area contributed by atoms with Crippen LogP contribution in [0.2, 0.25) is 0 Å². The summed E-state index contributed by atoms with van der Waals surface area (Å²) in [6.45, 7) is 5.15. The van der Waals surface area contributed by atoms with E-state index in [4.69, 9.17) is 5.73 Å². The Morgan fingerprint density at radius 1 is 1.06 bits per heavy atom. The lowest BCUT2D eigenvalue weighted by atomic mass is 9.89. The molecule has 6 nitrogen and oxygen atoms in total. The van der Waals surface area contributed by atoms with Crippen LogP contribution in [0, 0.1) is 0 Å². The third-order valence-electron chi connectivity index (χ3n) is 8.52. The number of aryl methyl sites for hydroxylation is 1. The second-order valence-corrected chi connectivity index (χ2v) is 10.7. The molecule has 0 spiro atoms. The van der Waals surface area contributed by atoms with Crippen LogP contribution >= 0.6 is 0 Å². The quantitative estimate of drug-likeness (QED) is 0.588. The van der Waals surface area contributed by atoms with E-state index in [1.165, 1.54) is 36.0 Å². The minimum Gasteiger partial charge on any atom is -0.367 e. The molecule has 2 aliphatic heterocycles. The van der Waals surface area contributed by atoms with Gasteiger partial charge in [-0.05, 0) is 67.3 Å². The molecule has 2 aromatic heterocycles. The van der Waals surface area contributed by atoms with Gasteiger partial charge in [-0.25, -0.2) is 4.98 Å². The summed E-state index contributed by atoms with van der Waals surface area (Å²) in [5.74, 6) is 0.643. The van der Waals surface area contributed by atoms with Crippen LogP contribution in [0.15, 0.2) is 47.4 Å². The van der Waals surface area contributed by atoms with Crippen molar-refractivity contribution in [1.29, 1.82) is 0 Å². The maximum Gasteiger partial charge on any atom is 0.253 e. The highest BCUT2D eigenvalue weighted by Crippen LogP contribution is 2.42. The number of anilines is 1. The molecule has 1 aliphatic carbocycles. The predicted molar refractivity (Wildman–Crippen MR) is 137 cm³/mol. The lowest BCUT2D eigenvalue weighted by molar-refractivity contribution is 0.134. The largest absolute Gasteiger partial charge is 0.367 e. The number of nitrogens with two attached hydrogens (primary N) is 1. The van der Waals surface area contributed by atoms with E-state index in [1.807, 2.05) is 6.07 Å². The molecule has 1 unspecified atom stereocenters. The Morgan fingerprint density at radius 3 is 2.82 bits per heavy atom. The smallest absolute Gasteiger partial charge is 0.253 e. The van der Waals surface area contributed by atoms with Gasteiger partial charge in [0.1, 0.15) is 5.65 Å². The van der Waals surface area contributed by atoms with E-state index >= 15 is 0 Å². The predicted octanol–water partition coefficient (Wildman–Crippen LogP) is 4.07. The van der Waals surface area contributed by atoms with Gasteiger partial charge in [0.25, 0.3) is 5.56 Å². The number of nitrogens with zero attached hydrogens (tertiary/aromatic N) is 4. The van der Waals surface area contributed by atoms with Crippen molar-refractivity contribution in [1.82, 2.24) is 14.5 Å². The van der Waals surface area contributed by atoms with Crippen LogP contribution in [0.1, 0.15) is 67.7 Å². The van der Waals surface area contributed by atoms with Gasteiger partial charge in [0, 0.05) is 56.4 Å². The fraction of sp³-hybridized carbons (Fsp3) is 0.500. The summed E-state index contributed by atoms with van der Waals surface area (Å²) >= 11 is 0. The summed E-state index contributed by atoms with van der Waals surface area (Å²) in [7, 11) is 1.80. The molecule has 6 rings (SSSR count). The molecule has 34 heavy (non-hydrogen) atoms. The average Bonchev–Trinajstić information content (AvgIpc) is 3.07. The van der Waals surface area contributed by atoms with Gasteiger partial charge in [0.05, 0.1) is 11.7 Å². The molecule has 6 heteroatoms. The van der Waals surface area contributed by atoms with E-state index in [0.29, 0.717) is 24.0 Å². The number of piperazine rings is 1. The molecule has 1 saturated carbocycles. The van der Waals surface area contributed by atoms with Gasteiger partial charge in [0.15, 0.2) is 0 Å². The molecule has 1 saturated heterocycles. The Bertz CT molecular complexity index is 1280. The minimum atomic E-state index is -0.00383. The summed E-state index contributed by atoms with van der Waals surface area (Å²) < 4.78 is 1.64. The maximum atomic E-state index is 12.7. The summed E-state index contributed by atoms with van der Waals surface area (Å²) in [6, 6.07) is 14.2. The van der Waals surface area contributed by atoms with Gasteiger partial charge in [-0.2, -0.15) is 0 Å². The first kappa shape index (κ1) is 21.8. The van der Waals surface area contributed by atoms with Crippen molar-refractivity contribution < 1.29 is 0 Å². The highest BCUT2D eigenvalue weighted by Gasteiger charge is 2.39. The minimum absolute atomic E-state index is 0.00383. The van der Waals surface area contributed by atoms with Crippen molar-refractivity contribution in [3.8, 4) is 0 Å². The van der Waals surface area contributed by atoms with Crippen molar-refractivity contribution in [2.24, 2.45) is 12.8 Å². The molecule has 178 valence electrons. The first-order valence-corrected chi connectivity index (χ1v) is 12.8. The Hall–Kier alpha value is -2.70. The molecule has 2 fully saturated rings. The zero-order valence-electron chi connectivity index (χ0n) is 20.3. The van der Waals surface area contributed by atoms with Crippen molar-refractivity contribution in [3.05, 3.63) is 69.6 Å². The van der Waals surface area contributed by atoms with Gasteiger partial charge >= 0.3 is 0 Å². The molecule has 4 heterocycles. The number of aromatic nitrogens is 2. The van der Waals surface area contributed by atoms with E-state index in [9.17, 15) is 4.79 Å². The van der Waals surface area contributed by atoms with Crippen LogP contribution < -0.4 is 16.2 Å². The van der Waals surface area contributed by atoms with E-state index in [1.54, 1.807) is 23.9 Å². The number of hydrogen-bond acceptors (Lipinski definition) is 5. The number of hydrogen-bond donors (Lipinski definition) is 1. The summed E-state index contributed by atoms with van der Waals surface area (Å²) in [5.41, 5.74) is 12.4. The van der Waals surface area contributed by atoms with Gasteiger partial charge in [-0.3, -0.25) is 14.3 Å². The third-order valence-corrected chi connectivity index (χ3v) is 8.52. The summed E-state index contributed by atoms with van der Waals surface area (Å²) in [5, 5.41) is 1.05. The Balaban J connectivity index is 1.32. The van der Waals surface area contributed by atoms with E-state index in [0.717, 1.165) is 49.2 Å². The van der Waals surface area contributed by atoms with Gasteiger partial charge in [-0.1, -0.05) is 24.6 Å². The van der Waals surface area contributed by atoms with Gasteiger partial charge in [-0.15, -0.1) is 0 Å². The van der Waals surface area contributed by atoms with Gasteiger partial charge < -0.3 is 10.6 Å². The molecule has 1 aromatic carbocycles. The van der Waals surface area contributed by atoms with E-state index < -0.39 is 0 Å². The fourth-order valence-corrected chi connectivity index (χ4v) is 6.58. The van der Waals surface area contributed by atoms with Crippen LogP contribution in [0.25, 0.3) is 11.0 Å². The molecule has 0 amide bonds. The highest BCUT2D eigenvalue weighted by atomic mass is 16.1. The molecular weight excluding hydrogens is 422 g/mol. The normalized spacial score (nSPS) is 27.4. The molecule has 4 atom stereocenters. The zero-order chi connectivity index (χ0) is 23.4. The Morgan fingerprint density at radius 2 is 1.94 bits per heavy atom. The Kier molecular flexibility index (Phi) is 5.46. The second-order valence-electron chi connectivity index (χ2n) is 10.7. The van der Waals surface area contributed by atoms with Gasteiger partial charge in [0.2, 0.25) is 0 Å². The van der Waals surface area contributed by atoms with Crippen LogP contribution in [0.4, 0.5) is 5.69 Å². The standard InChI is InChI=1S/C28H35N5O/c1-18-15-32(25-14-27(34)31(2)28-24(25)7-4-12-30-28)17-26-23-11-9-20(13-21(23)16-33(18)26)19-5-3-6-22(29)10-8-19/h4,7,9,11-14,18-19,22,26H,3,5-6,8,10,15-17,29H2,1-2H3/t18-,19?,22-,26-/m1/s1. The second kappa shape index (κ2) is 8.51. The molecular formula is C28H35N5O. The first-order chi connectivity index (χ1) is 16.5. The third kappa shape index (κ3) is 3.64. The van der Waals surface area contributed by atoms with Crippen molar-refractivity contribution in [2.75, 3.05) is 18.0 Å². The van der Waals surface area contributed by atoms with Crippen LogP contribution in [-0.2, 0) is 13.6 Å². The number of benzene rings is 1.